The van der Waals surface area contributed by atoms with Crippen LogP contribution in [0.4, 0.5) is 0 Å². The van der Waals surface area contributed by atoms with Gasteiger partial charge in [0.1, 0.15) is 0 Å². The molecule has 1 unspecified atom stereocenters. The number of halogens is 1. The van der Waals surface area contributed by atoms with Crippen molar-refractivity contribution in [2.75, 3.05) is 0 Å². The van der Waals surface area contributed by atoms with Gasteiger partial charge in [-0.15, -0.1) is 0 Å². The summed E-state index contributed by atoms with van der Waals surface area (Å²) >= 11 is 6.12. The van der Waals surface area contributed by atoms with Crippen molar-refractivity contribution in [3.63, 3.8) is 0 Å². The summed E-state index contributed by atoms with van der Waals surface area (Å²) in [6, 6.07) is 1.73. The molecule has 4 nitrogen and oxygen atoms in total. The Bertz CT molecular complexity index is 348. The molecule has 0 amide bonds. The predicted octanol–water partition coefficient (Wildman–Crippen LogP) is 1.01. The summed E-state index contributed by atoms with van der Waals surface area (Å²) in [5, 5.41) is 1.83. The third kappa shape index (κ3) is 1.53. The van der Waals surface area contributed by atoms with Crippen molar-refractivity contribution in [3.8, 4) is 0 Å². The first-order chi connectivity index (χ1) is 6.31. The van der Waals surface area contributed by atoms with Crippen LogP contribution in [-0.2, 0) is 5.12 Å². The van der Waals surface area contributed by atoms with Crippen LogP contribution < -0.4 is 5.32 Å². The summed E-state index contributed by atoms with van der Waals surface area (Å²) in [4.78, 5) is 12.1. The maximum absolute atomic E-state index is 6.12. The van der Waals surface area contributed by atoms with E-state index in [4.69, 9.17) is 11.6 Å². The Hall–Kier alpha value is -1.42. The second-order valence-electron chi connectivity index (χ2n) is 2.48. The highest BCUT2D eigenvalue weighted by molar-refractivity contribution is 6.23. The van der Waals surface area contributed by atoms with Gasteiger partial charge < -0.3 is 5.32 Å². The number of nitrogens with one attached hydrogen (secondary N) is 1. The van der Waals surface area contributed by atoms with Gasteiger partial charge in [-0.3, -0.25) is 0 Å². The van der Waals surface area contributed by atoms with E-state index in [-0.39, 0.29) is 0 Å². The molecule has 0 bridgehead atoms. The largest absolute Gasteiger partial charge is 0.348 e. The van der Waals surface area contributed by atoms with Gasteiger partial charge in [0.05, 0.1) is 0 Å². The summed E-state index contributed by atoms with van der Waals surface area (Å²) in [5.41, 5.74) is 0. The quantitative estimate of drug-likeness (QED) is 0.536. The molecule has 66 valence electrons. The molecule has 1 aromatic rings. The van der Waals surface area contributed by atoms with E-state index >= 15 is 0 Å². The Kier molecular flexibility index (Phi) is 1.98. The first-order valence-corrected chi connectivity index (χ1v) is 4.13. The molecule has 1 N–H and O–H groups in total. The molecule has 0 saturated carbocycles. The van der Waals surface area contributed by atoms with Crippen molar-refractivity contribution >= 4 is 17.8 Å². The van der Waals surface area contributed by atoms with Crippen LogP contribution in [0.2, 0.25) is 0 Å². The van der Waals surface area contributed by atoms with Crippen molar-refractivity contribution in [3.05, 3.63) is 36.6 Å². The Morgan fingerprint density at radius 2 is 2.08 bits per heavy atom. The fourth-order valence-electron chi connectivity index (χ4n) is 0.977. The highest BCUT2D eigenvalue weighted by Crippen LogP contribution is 2.24. The number of aromatic nitrogens is 2. The summed E-state index contributed by atoms with van der Waals surface area (Å²) < 4.78 is 0. The third-order valence-electron chi connectivity index (χ3n) is 1.57. The highest BCUT2D eigenvalue weighted by atomic mass is 35.5. The number of rotatable bonds is 1. The van der Waals surface area contributed by atoms with E-state index in [1.54, 1.807) is 37.0 Å². The molecule has 1 atom stereocenters. The molecule has 0 aliphatic carbocycles. The Morgan fingerprint density at radius 3 is 2.69 bits per heavy atom. The van der Waals surface area contributed by atoms with Crippen LogP contribution in [0.3, 0.4) is 0 Å². The molecule has 0 fully saturated rings. The topological polar surface area (TPSA) is 50.2 Å². The minimum Gasteiger partial charge on any atom is -0.348 e. The van der Waals surface area contributed by atoms with Gasteiger partial charge in [-0.05, 0) is 12.1 Å². The first kappa shape index (κ1) is 8.19. The monoisotopic (exact) mass is 194 g/mol. The van der Waals surface area contributed by atoms with Crippen LogP contribution in [0.15, 0.2) is 35.7 Å². The average molecular weight is 195 g/mol. The molecule has 1 aromatic heterocycles. The van der Waals surface area contributed by atoms with E-state index < -0.39 is 5.12 Å². The number of hydrogen-bond donors (Lipinski definition) is 1. The van der Waals surface area contributed by atoms with Crippen molar-refractivity contribution < 1.29 is 0 Å². The van der Waals surface area contributed by atoms with Crippen LogP contribution in [0.5, 0.6) is 0 Å². The number of allylic oxidation sites excluding steroid dienone is 1. The number of alkyl halides is 1. The van der Waals surface area contributed by atoms with Crippen LogP contribution in [0.25, 0.3) is 0 Å². The molecule has 13 heavy (non-hydrogen) atoms. The fraction of sp³-hybridized carbons (Fsp3) is 0.125. The first-order valence-electron chi connectivity index (χ1n) is 3.76. The van der Waals surface area contributed by atoms with Gasteiger partial charge in [0.15, 0.2) is 5.82 Å². The van der Waals surface area contributed by atoms with Gasteiger partial charge in [-0.25, -0.2) is 15.0 Å². The molecule has 0 saturated heterocycles. The van der Waals surface area contributed by atoms with E-state index in [1.165, 1.54) is 0 Å². The van der Waals surface area contributed by atoms with Gasteiger partial charge in [0.2, 0.25) is 0 Å². The Balaban J connectivity index is 2.35. The molecule has 1 aliphatic heterocycles. The van der Waals surface area contributed by atoms with Gasteiger partial charge in [-0.2, -0.15) is 0 Å². The molecular formula is C8H7ClN4. The van der Waals surface area contributed by atoms with Crippen LogP contribution in [-0.4, -0.2) is 16.2 Å². The van der Waals surface area contributed by atoms with Crippen LogP contribution >= 0.6 is 11.6 Å². The number of nitrogens with zero attached hydrogens (tertiary/aromatic N) is 3. The summed E-state index contributed by atoms with van der Waals surface area (Å²) in [5.74, 6) is 0.442. The molecule has 5 heteroatoms. The smallest absolute Gasteiger partial charge is 0.267 e. The highest BCUT2D eigenvalue weighted by Gasteiger charge is 2.30. The average Bonchev–Trinajstić information content (AvgIpc) is 2.20. The normalized spacial score (nSPS) is 25.6. The van der Waals surface area contributed by atoms with E-state index in [0.717, 1.165) is 0 Å². The molecule has 0 spiro atoms. The molecule has 1 aliphatic rings. The maximum Gasteiger partial charge on any atom is 0.267 e. The zero-order chi connectivity index (χ0) is 9.15. The number of aliphatic imine (C=N–C) groups is 1. The predicted molar refractivity (Wildman–Crippen MR) is 50.3 cm³/mol. The van der Waals surface area contributed by atoms with Gasteiger partial charge in [0.25, 0.3) is 5.12 Å². The molecule has 2 heterocycles. The van der Waals surface area contributed by atoms with E-state index in [1.807, 2.05) is 0 Å². The van der Waals surface area contributed by atoms with Gasteiger partial charge >= 0.3 is 0 Å². The second kappa shape index (κ2) is 3.14. The van der Waals surface area contributed by atoms with E-state index in [9.17, 15) is 0 Å². The van der Waals surface area contributed by atoms with Crippen molar-refractivity contribution in [2.45, 2.75) is 5.12 Å². The third-order valence-corrected chi connectivity index (χ3v) is 1.95. The molecule has 2 rings (SSSR count). The standard InChI is InChI=1S/C8H7ClN4/c9-8(12-5-2-6-13-8)7-10-3-1-4-11-7/h1-6,12H. The zero-order valence-electron chi connectivity index (χ0n) is 6.68. The second-order valence-corrected chi connectivity index (χ2v) is 3.02. The van der Waals surface area contributed by atoms with Crippen LogP contribution in [0.1, 0.15) is 5.82 Å². The number of hydrogen-bond acceptors (Lipinski definition) is 4. The molecular weight excluding hydrogens is 188 g/mol. The maximum atomic E-state index is 6.12. The van der Waals surface area contributed by atoms with Gasteiger partial charge in [0, 0.05) is 24.8 Å². The molecule has 0 aromatic carbocycles. The summed E-state index contributed by atoms with van der Waals surface area (Å²) in [6.45, 7) is 0. The van der Waals surface area contributed by atoms with Gasteiger partial charge in [-0.1, -0.05) is 11.6 Å². The lowest BCUT2D eigenvalue weighted by molar-refractivity contribution is 0.535. The lowest BCUT2D eigenvalue weighted by Crippen LogP contribution is -2.35. The van der Waals surface area contributed by atoms with E-state index in [2.05, 4.69) is 20.3 Å². The van der Waals surface area contributed by atoms with E-state index in [0.29, 0.717) is 5.82 Å². The Morgan fingerprint density at radius 1 is 1.31 bits per heavy atom. The SMILES string of the molecule is ClC1(c2ncccn2)N=CC=CN1. The lowest BCUT2D eigenvalue weighted by atomic mass is 10.4. The Labute approximate surface area is 80.4 Å². The zero-order valence-corrected chi connectivity index (χ0v) is 7.44. The fourth-order valence-corrected chi connectivity index (χ4v) is 1.19. The summed E-state index contributed by atoms with van der Waals surface area (Å²) in [6.07, 6.45) is 8.32. The summed E-state index contributed by atoms with van der Waals surface area (Å²) in [7, 11) is 0. The molecule has 0 radical (unpaired) electrons. The van der Waals surface area contributed by atoms with Crippen molar-refractivity contribution in [1.29, 1.82) is 0 Å². The van der Waals surface area contributed by atoms with Crippen molar-refractivity contribution in [2.24, 2.45) is 4.99 Å². The minimum atomic E-state index is -1.05. The van der Waals surface area contributed by atoms with Crippen LogP contribution in [0, 0.1) is 0 Å². The minimum absolute atomic E-state index is 0.442. The lowest BCUT2D eigenvalue weighted by Gasteiger charge is -2.22. The van der Waals surface area contributed by atoms with Crippen molar-refractivity contribution in [1.82, 2.24) is 15.3 Å².